The monoisotopic (exact) mass is 726 g/mol. The fourth-order valence-electron chi connectivity index (χ4n) is 5.21. The molecule has 1 heterocycles. The van der Waals surface area contributed by atoms with Crippen molar-refractivity contribution < 1.29 is 40.0 Å². The first-order chi connectivity index (χ1) is 22.5. The van der Waals surface area contributed by atoms with Crippen molar-refractivity contribution in [1.82, 2.24) is 12.9 Å². The minimum absolute atomic E-state index is 0.185. The van der Waals surface area contributed by atoms with Crippen LogP contribution in [0.4, 0.5) is 17.1 Å². The highest BCUT2D eigenvalue weighted by molar-refractivity contribution is 7.90. The summed E-state index contributed by atoms with van der Waals surface area (Å²) in [5.74, 6) is -0.765. The van der Waals surface area contributed by atoms with Crippen LogP contribution >= 0.6 is 0 Å². The maximum absolute atomic E-state index is 14.0. The molecule has 0 bridgehead atoms. The Bertz CT molecular complexity index is 1960. The van der Waals surface area contributed by atoms with E-state index in [4.69, 9.17) is 0 Å². The van der Waals surface area contributed by atoms with E-state index in [1.165, 1.54) is 36.4 Å². The summed E-state index contributed by atoms with van der Waals surface area (Å²) in [4.78, 5) is 30.4. The maximum Gasteiger partial charge on any atom is 0.289 e. The SMILES string of the molecule is CCC1CN(S(=O)(=O)c2ccccc2[N+](=O)[O-])CCN(S(=O)(=O)c2ccccc2[N+](=O)[O-])CCN(S(=O)(=O)c2ccccc2[N+](=O)[O-])C1. The predicted molar refractivity (Wildman–Crippen MR) is 169 cm³/mol. The number of nitro groups is 3. The second-order valence-electron chi connectivity index (χ2n) is 10.6. The van der Waals surface area contributed by atoms with Gasteiger partial charge in [-0.1, -0.05) is 49.7 Å². The van der Waals surface area contributed by atoms with Crippen LogP contribution < -0.4 is 0 Å². The predicted octanol–water partition coefficient (Wildman–Crippen LogP) is 2.82. The molecular weight excluding hydrogens is 697 g/mol. The van der Waals surface area contributed by atoms with Crippen molar-refractivity contribution in [3.8, 4) is 0 Å². The Kier molecular flexibility index (Phi) is 10.9. The van der Waals surface area contributed by atoms with Gasteiger partial charge in [0.25, 0.3) is 17.1 Å². The Morgan fingerprint density at radius 2 is 0.812 bits per heavy atom. The molecule has 1 aliphatic heterocycles. The molecule has 48 heavy (non-hydrogen) atoms. The summed E-state index contributed by atoms with van der Waals surface area (Å²) in [6.07, 6.45) is 0.185. The third kappa shape index (κ3) is 7.34. The molecule has 258 valence electrons. The van der Waals surface area contributed by atoms with Crippen LogP contribution in [-0.2, 0) is 30.1 Å². The van der Waals surface area contributed by atoms with Crippen LogP contribution in [0.2, 0.25) is 0 Å². The van der Waals surface area contributed by atoms with Crippen molar-refractivity contribution in [3.05, 3.63) is 103 Å². The molecule has 1 fully saturated rings. The zero-order valence-corrected chi connectivity index (χ0v) is 27.7. The summed E-state index contributed by atoms with van der Waals surface area (Å²) >= 11 is 0. The molecule has 3 aromatic carbocycles. The molecule has 21 heteroatoms. The van der Waals surface area contributed by atoms with E-state index in [9.17, 15) is 55.6 Å². The van der Waals surface area contributed by atoms with E-state index >= 15 is 0 Å². The van der Waals surface area contributed by atoms with Crippen molar-refractivity contribution in [2.45, 2.75) is 28.0 Å². The first kappa shape index (κ1) is 36.4. The fraction of sp³-hybridized carbons (Fsp3) is 0.333. The van der Waals surface area contributed by atoms with E-state index in [1.807, 2.05) is 0 Å². The molecular formula is C27H30N6O12S3. The number of benzene rings is 3. The van der Waals surface area contributed by atoms with Crippen LogP contribution in [0.15, 0.2) is 87.5 Å². The zero-order valence-electron chi connectivity index (χ0n) is 25.3. The Labute approximate surface area is 275 Å². The molecule has 0 aromatic heterocycles. The van der Waals surface area contributed by atoms with Crippen molar-refractivity contribution in [1.29, 1.82) is 0 Å². The Hall–Kier alpha value is -4.41. The largest absolute Gasteiger partial charge is 0.289 e. The average Bonchev–Trinajstić information content (AvgIpc) is 3.06. The van der Waals surface area contributed by atoms with Gasteiger partial charge >= 0.3 is 0 Å². The second-order valence-corrected chi connectivity index (χ2v) is 16.3. The number of hydrogen-bond acceptors (Lipinski definition) is 12. The van der Waals surface area contributed by atoms with E-state index < -0.39 is 122 Å². The van der Waals surface area contributed by atoms with Gasteiger partial charge in [0.05, 0.1) is 14.8 Å². The lowest BCUT2D eigenvalue weighted by Gasteiger charge is -2.34. The standard InChI is InChI=1S/C27H30N6O12S3/c1-2-21-19-29(47(42,43)26-13-7-4-10-23(26)32(36)37)17-15-28(46(40,41)25-12-6-3-9-22(25)31(34)35)16-18-30(20-21)48(44,45)27-14-8-5-11-24(27)33(38)39/h3-14,21H,2,15-20H2,1H3. The van der Waals surface area contributed by atoms with Crippen molar-refractivity contribution >= 4 is 47.1 Å². The second kappa shape index (κ2) is 14.4. The molecule has 0 N–H and O–H groups in total. The maximum atomic E-state index is 14.0. The lowest BCUT2D eigenvalue weighted by atomic mass is 10.1. The van der Waals surface area contributed by atoms with Crippen LogP contribution in [0.25, 0.3) is 0 Å². The highest BCUT2D eigenvalue weighted by Gasteiger charge is 2.40. The van der Waals surface area contributed by atoms with Gasteiger partial charge in [-0.05, 0) is 24.1 Å². The van der Waals surface area contributed by atoms with Gasteiger partial charge in [0.15, 0.2) is 14.7 Å². The van der Waals surface area contributed by atoms with E-state index in [-0.39, 0.29) is 6.42 Å². The van der Waals surface area contributed by atoms with Gasteiger partial charge in [0.2, 0.25) is 30.1 Å². The van der Waals surface area contributed by atoms with E-state index in [0.29, 0.717) is 4.31 Å². The van der Waals surface area contributed by atoms with Gasteiger partial charge in [-0.25, -0.2) is 25.3 Å². The summed E-state index contributed by atoms with van der Waals surface area (Å²) in [6, 6.07) is 13.5. The lowest BCUT2D eigenvalue weighted by Crippen LogP contribution is -2.50. The summed E-state index contributed by atoms with van der Waals surface area (Å²) in [6.45, 7) is -1.58. The molecule has 1 aliphatic rings. The molecule has 3 aromatic rings. The highest BCUT2D eigenvalue weighted by atomic mass is 32.2. The molecule has 0 saturated carbocycles. The third-order valence-corrected chi connectivity index (χ3v) is 13.5. The summed E-state index contributed by atoms with van der Waals surface area (Å²) < 4.78 is 86.1. The van der Waals surface area contributed by atoms with E-state index in [1.54, 1.807) is 6.92 Å². The van der Waals surface area contributed by atoms with E-state index in [2.05, 4.69) is 0 Å². The van der Waals surface area contributed by atoms with Crippen LogP contribution in [0.3, 0.4) is 0 Å². The fourth-order valence-corrected chi connectivity index (χ4v) is 10.1. The lowest BCUT2D eigenvalue weighted by molar-refractivity contribution is -0.388. The molecule has 0 radical (unpaired) electrons. The van der Waals surface area contributed by atoms with E-state index in [0.717, 1.165) is 45.0 Å². The quantitative estimate of drug-likeness (QED) is 0.216. The first-order valence-electron chi connectivity index (χ1n) is 14.2. The number of para-hydroxylation sites is 3. The molecule has 4 rings (SSSR count). The minimum Gasteiger partial charge on any atom is -0.258 e. The Balaban J connectivity index is 1.88. The molecule has 0 spiro atoms. The Morgan fingerprint density at radius 3 is 1.10 bits per heavy atom. The number of hydrogen-bond donors (Lipinski definition) is 0. The Morgan fingerprint density at radius 1 is 0.542 bits per heavy atom. The number of nitrogens with zero attached hydrogens (tertiary/aromatic N) is 6. The van der Waals surface area contributed by atoms with Gasteiger partial charge in [-0.3, -0.25) is 30.3 Å². The van der Waals surface area contributed by atoms with Gasteiger partial charge in [-0.15, -0.1) is 0 Å². The topological polar surface area (TPSA) is 242 Å². The van der Waals surface area contributed by atoms with Crippen molar-refractivity contribution in [2.24, 2.45) is 5.92 Å². The van der Waals surface area contributed by atoms with Crippen LogP contribution in [0.5, 0.6) is 0 Å². The molecule has 18 nitrogen and oxygen atoms in total. The summed E-state index contributed by atoms with van der Waals surface area (Å²) in [5, 5.41) is 35.2. The number of sulfonamides is 3. The van der Waals surface area contributed by atoms with Crippen molar-refractivity contribution in [3.63, 3.8) is 0 Å². The number of rotatable bonds is 10. The van der Waals surface area contributed by atoms with Gasteiger partial charge in [0, 0.05) is 57.5 Å². The first-order valence-corrected chi connectivity index (χ1v) is 18.6. The zero-order chi connectivity index (χ0) is 35.4. The van der Waals surface area contributed by atoms with Gasteiger partial charge in [-0.2, -0.15) is 12.9 Å². The molecule has 0 amide bonds. The average molecular weight is 727 g/mol. The summed E-state index contributed by atoms with van der Waals surface area (Å²) in [5.41, 5.74) is -2.27. The number of nitro benzene ring substituents is 3. The van der Waals surface area contributed by atoms with Gasteiger partial charge < -0.3 is 0 Å². The molecule has 0 aliphatic carbocycles. The van der Waals surface area contributed by atoms with Crippen molar-refractivity contribution in [2.75, 3.05) is 39.3 Å². The summed E-state index contributed by atoms with van der Waals surface area (Å²) in [7, 11) is -14.2. The highest BCUT2D eigenvalue weighted by Crippen LogP contribution is 2.32. The van der Waals surface area contributed by atoms with Crippen LogP contribution in [0.1, 0.15) is 13.3 Å². The van der Waals surface area contributed by atoms with Crippen LogP contribution in [-0.4, -0.2) is 92.2 Å². The normalized spacial score (nSPS) is 16.7. The molecule has 1 saturated heterocycles. The molecule has 0 unspecified atom stereocenters. The third-order valence-electron chi connectivity index (χ3n) is 7.74. The smallest absolute Gasteiger partial charge is 0.258 e. The van der Waals surface area contributed by atoms with Crippen LogP contribution in [0, 0.1) is 36.3 Å². The van der Waals surface area contributed by atoms with Gasteiger partial charge in [0.1, 0.15) is 0 Å². The minimum atomic E-state index is -4.80. The molecule has 0 atom stereocenters.